The molecule has 6 aromatic carbocycles. The van der Waals surface area contributed by atoms with Crippen LogP contribution in [-0.4, -0.2) is 14.0 Å². The van der Waals surface area contributed by atoms with Crippen LogP contribution in [0.1, 0.15) is 0 Å². The quantitative estimate of drug-likeness (QED) is 0.190. The van der Waals surface area contributed by atoms with Gasteiger partial charge in [0.05, 0.1) is 27.6 Å². The number of hydrogen-bond acceptors (Lipinski definition) is 2. The van der Waals surface area contributed by atoms with Crippen molar-refractivity contribution < 1.29 is 0 Å². The number of benzene rings is 6. The Bertz CT molecular complexity index is 2690. The molecule has 0 aliphatic rings. The summed E-state index contributed by atoms with van der Waals surface area (Å²) in [6.45, 7) is 0. The zero-order chi connectivity index (χ0) is 26.7. The molecule has 0 amide bonds. The van der Waals surface area contributed by atoms with Crippen LogP contribution in [0.15, 0.2) is 127 Å². The number of para-hydroxylation sites is 4. The highest BCUT2D eigenvalue weighted by Crippen LogP contribution is 2.45. The fraction of sp³-hybridized carbons (Fsp3) is 0. The lowest BCUT2D eigenvalue weighted by molar-refractivity contribution is 1.19. The fourth-order valence-electron chi connectivity index (χ4n) is 7.03. The van der Waals surface area contributed by atoms with E-state index in [1.807, 2.05) is 11.3 Å². The molecular weight excluding hydrogens is 518 g/mol. The third-order valence-corrected chi connectivity index (χ3v) is 9.80. The smallest absolute Gasteiger partial charge is 0.146 e. The Hall–Kier alpha value is -5.19. The number of imidazole rings is 1. The van der Waals surface area contributed by atoms with Gasteiger partial charge in [-0.3, -0.25) is 4.40 Å². The zero-order valence-electron chi connectivity index (χ0n) is 21.9. The molecule has 0 spiro atoms. The summed E-state index contributed by atoms with van der Waals surface area (Å²) in [6.07, 6.45) is 0. The number of nitrogens with zero attached hydrogens (tertiary/aromatic N) is 3. The van der Waals surface area contributed by atoms with Crippen molar-refractivity contribution in [1.29, 1.82) is 0 Å². The van der Waals surface area contributed by atoms with Gasteiger partial charge in [-0.1, -0.05) is 78.9 Å². The SMILES string of the molecule is c1ccc(-n2c3ccccc3c3ccc4c(c5ccc6sc7ccccc7c6c5n5c6ccccc6nc45)c32)cc1. The lowest BCUT2D eigenvalue weighted by Gasteiger charge is -2.14. The second kappa shape index (κ2) is 7.72. The van der Waals surface area contributed by atoms with Gasteiger partial charge in [-0.05, 0) is 48.5 Å². The van der Waals surface area contributed by atoms with Gasteiger partial charge in [0.2, 0.25) is 0 Å². The molecule has 0 saturated carbocycles. The van der Waals surface area contributed by atoms with E-state index in [1.54, 1.807) is 0 Å². The van der Waals surface area contributed by atoms with Crippen molar-refractivity contribution in [1.82, 2.24) is 14.0 Å². The molecule has 0 atom stereocenters. The third-order valence-electron chi connectivity index (χ3n) is 8.66. The van der Waals surface area contributed by atoms with E-state index < -0.39 is 0 Å². The van der Waals surface area contributed by atoms with Gasteiger partial charge in [-0.25, -0.2) is 4.98 Å². The zero-order valence-corrected chi connectivity index (χ0v) is 22.7. The van der Waals surface area contributed by atoms with E-state index in [0.29, 0.717) is 0 Å². The van der Waals surface area contributed by atoms with E-state index >= 15 is 0 Å². The molecule has 0 aliphatic carbocycles. The monoisotopic (exact) mass is 539 g/mol. The number of aromatic nitrogens is 3. The molecule has 190 valence electrons. The van der Waals surface area contributed by atoms with Crippen LogP contribution >= 0.6 is 11.3 Å². The molecule has 0 radical (unpaired) electrons. The molecular formula is C37H21N3S. The first kappa shape index (κ1) is 21.6. The highest BCUT2D eigenvalue weighted by atomic mass is 32.1. The van der Waals surface area contributed by atoms with Gasteiger partial charge < -0.3 is 4.57 Å². The van der Waals surface area contributed by atoms with E-state index in [2.05, 4.69) is 136 Å². The summed E-state index contributed by atoms with van der Waals surface area (Å²) in [4.78, 5) is 5.28. The maximum Gasteiger partial charge on any atom is 0.146 e. The molecule has 0 saturated heterocycles. The van der Waals surface area contributed by atoms with Gasteiger partial charge in [-0.15, -0.1) is 11.3 Å². The summed E-state index contributed by atoms with van der Waals surface area (Å²) in [5, 5.41) is 8.78. The van der Waals surface area contributed by atoms with Gasteiger partial charge >= 0.3 is 0 Å². The number of fused-ring (bicyclic) bond motifs is 16. The third kappa shape index (κ3) is 2.70. The fourth-order valence-corrected chi connectivity index (χ4v) is 8.14. The summed E-state index contributed by atoms with van der Waals surface area (Å²) < 4.78 is 7.47. The van der Waals surface area contributed by atoms with Crippen molar-refractivity contribution in [2.75, 3.05) is 0 Å². The summed E-state index contributed by atoms with van der Waals surface area (Å²) in [5.41, 5.74) is 7.99. The highest BCUT2D eigenvalue weighted by molar-refractivity contribution is 7.26. The number of thiophene rings is 1. The molecule has 41 heavy (non-hydrogen) atoms. The van der Waals surface area contributed by atoms with Crippen LogP contribution in [0, 0.1) is 0 Å². The molecule has 4 heteroatoms. The lowest BCUT2D eigenvalue weighted by atomic mass is 9.99. The second-order valence-corrected chi connectivity index (χ2v) is 11.8. The van der Waals surface area contributed by atoms with Crippen molar-refractivity contribution in [2.24, 2.45) is 0 Å². The van der Waals surface area contributed by atoms with Crippen molar-refractivity contribution in [3.8, 4) is 5.69 Å². The van der Waals surface area contributed by atoms with Crippen molar-refractivity contribution >= 4 is 91.7 Å². The molecule has 0 aliphatic heterocycles. The highest BCUT2D eigenvalue weighted by Gasteiger charge is 2.22. The normalized spacial score (nSPS) is 12.4. The topological polar surface area (TPSA) is 22.2 Å². The van der Waals surface area contributed by atoms with E-state index in [0.717, 1.165) is 22.4 Å². The molecule has 0 N–H and O–H groups in total. The first-order chi connectivity index (χ1) is 20.4. The standard InChI is InChI=1S/C37H21N3S/c1-2-10-22(11-3-1)39-29-15-7-4-12-23(29)24-18-19-27-33(35(24)39)26-20-21-32-34(25-13-5-9-17-31(25)41-32)36(26)40-30-16-8-6-14-28(30)38-37(27)40/h1-21H. The van der Waals surface area contributed by atoms with Crippen LogP contribution < -0.4 is 0 Å². The molecule has 4 aromatic heterocycles. The maximum absolute atomic E-state index is 5.28. The van der Waals surface area contributed by atoms with Gasteiger partial charge in [0.15, 0.2) is 0 Å². The molecule has 0 bridgehead atoms. The molecule has 3 nitrogen and oxygen atoms in total. The van der Waals surface area contributed by atoms with Crippen molar-refractivity contribution in [3.63, 3.8) is 0 Å². The molecule has 10 aromatic rings. The number of rotatable bonds is 1. The summed E-state index contributed by atoms with van der Waals surface area (Å²) >= 11 is 1.87. The Labute approximate surface area is 238 Å². The van der Waals surface area contributed by atoms with Gasteiger partial charge in [0, 0.05) is 52.8 Å². The number of hydrogen-bond donors (Lipinski definition) is 0. The first-order valence-electron chi connectivity index (χ1n) is 13.9. The summed E-state index contributed by atoms with van der Waals surface area (Å²) in [7, 11) is 0. The minimum atomic E-state index is 1.00. The summed E-state index contributed by atoms with van der Waals surface area (Å²) in [6, 6.07) is 46.1. The van der Waals surface area contributed by atoms with Crippen LogP contribution in [-0.2, 0) is 0 Å². The Morgan fingerprint density at radius 3 is 2.07 bits per heavy atom. The minimum absolute atomic E-state index is 1.00. The molecule has 4 heterocycles. The van der Waals surface area contributed by atoms with Crippen LogP contribution in [0.4, 0.5) is 0 Å². The maximum atomic E-state index is 5.28. The predicted molar refractivity (Wildman–Crippen MR) is 175 cm³/mol. The molecule has 0 fully saturated rings. The van der Waals surface area contributed by atoms with E-state index in [-0.39, 0.29) is 0 Å². The predicted octanol–water partition coefficient (Wildman–Crippen LogP) is 10.3. The van der Waals surface area contributed by atoms with Crippen LogP contribution in [0.25, 0.3) is 86.0 Å². The molecule has 10 rings (SSSR count). The van der Waals surface area contributed by atoms with Crippen LogP contribution in [0.5, 0.6) is 0 Å². The van der Waals surface area contributed by atoms with Crippen molar-refractivity contribution in [2.45, 2.75) is 0 Å². The van der Waals surface area contributed by atoms with Gasteiger partial charge in [0.25, 0.3) is 0 Å². The van der Waals surface area contributed by atoms with Crippen molar-refractivity contribution in [3.05, 3.63) is 127 Å². The Morgan fingerprint density at radius 1 is 0.463 bits per heavy atom. The van der Waals surface area contributed by atoms with Crippen LogP contribution in [0.3, 0.4) is 0 Å². The second-order valence-electron chi connectivity index (χ2n) is 10.8. The lowest BCUT2D eigenvalue weighted by Crippen LogP contribution is -1.97. The van der Waals surface area contributed by atoms with E-state index in [4.69, 9.17) is 4.98 Å². The van der Waals surface area contributed by atoms with Gasteiger partial charge in [-0.2, -0.15) is 0 Å². The minimum Gasteiger partial charge on any atom is -0.309 e. The van der Waals surface area contributed by atoms with Gasteiger partial charge in [0.1, 0.15) is 5.65 Å². The summed E-state index contributed by atoms with van der Waals surface area (Å²) in [5.74, 6) is 0. The van der Waals surface area contributed by atoms with E-state index in [1.165, 1.54) is 63.7 Å². The average molecular weight is 540 g/mol. The Kier molecular flexibility index (Phi) is 4.07. The average Bonchev–Trinajstić information content (AvgIpc) is 3.71. The Morgan fingerprint density at radius 2 is 1.17 bits per heavy atom. The number of pyridine rings is 1. The molecule has 0 unspecified atom stereocenters. The first-order valence-corrected chi connectivity index (χ1v) is 14.7. The largest absolute Gasteiger partial charge is 0.309 e. The van der Waals surface area contributed by atoms with E-state index in [9.17, 15) is 0 Å². The van der Waals surface area contributed by atoms with Crippen LogP contribution in [0.2, 0.25) is 0 Å². The Balaban J connectivity index is 1.59.